The third-order valence-electron chi connectivity index (χ3n) is 3.45. The highest BCUT2D eigenvalue weighted by Gasteiger charge is 2.19. The number of H-pyrrole nitrogens is 1. The molecular formula is C14H15FN4O2. The summed E-state index contributed by atoms with van der Waals surface area (Å²) in [5.41, 5.74) is -0.663. The van der Waals surface area contributed by atoms with Crippen LogP contribution in [0.5, 0.6) is 5.88 Å². The molecule has 2 heterocycles. The van der Waals surface area contributed by atoms with Crippen molar-refractivity contribution >= 4 is 5.95 Å². The maximum absolute atomic E-state index is 13.8. The lowest BCUT2D eigenvalue weighted by Crippen LogP contribution is -2.44. The summed E-state index contributed by atoms with van der Waals surface area (Å²) in [6, 6.07) is 5.79. The Morgan fingerprint density at radius 3 is 2.62 bits per heavy atom. The molecule has 0 spiro atoms. The van der Waals surface area contributed by atoms with Gasteiger partial charge in [-0.25, -0.2) is 4.39 Å². The summed E-state index contributed by atoms with van der Waals surface area (Å²) in [6.07, 6.45) is 0. The first-order chi connectivity index (χ1) is 10.2. The van der Waals surface area contributed by atoms with Crippen molar-refractivity contribution in [2.45, 2.75) is 0 Å². The van der Waals surface area contributed by atoms with Crippen LogP contribution in [0.25, 0.3) is 11.1 Å². The van der Waals surface area contributed by atoms with Crippen molar-refractivity contribution in [3.8, 4) is 17.0 Å². The van der Waals surface area contributed by atoms with E-state index < -0.39 is 17.3 Å². The molecule has 0 amide bonds. The van der Waals surface area contributed by atoms with E-state index in [1.54, 1.807) is 6.07 Å². The topological polar surface area (TPSA) is 81.2 Å². The summed E-state index contributed by atoms with van der Waals surface area (Å²) >= 11 is 0. The normalized spacial score (nSPS) is 15.2. The number of aromatic hydroxyl groups is 1. The van der Waals surface area contributed by atoms with Crippen molar-refractivity contribution < 1.29 is 9.50 Å². The van der Waals surface area contributed by atoms with E-state index in [1.807, 2.05) is 4.90 Å². The molecule has 7 heteroatoms. The van der Waals surface area contributed by atoms with Gasteiger partial charge in [-0.2, -0.15) is 4.98 Å². The summed E-state index contributed by atoms with van der Waals surface area (Å²) in [7, 11) is 0. The van der Waals surface area contributed by atoms with Crippen LogP contribution in [0.4, 0.5) is 10.3 Å². The van der Waals surface area contributed by atoms with Crippen molar-refractivity contribution in [1.82, 2.24) is 15.3 Å². The van der Waals surface area contributed by atoms with Gasteiger partial charge in [0.1, 0.15) is 11.4 Å². The molecular weight excluding hydrogens is 275 g/mol. The van der Waals surface area contributed by atoms with Crippen molar-refractivity contribution in [1.29, 1.82) is 0 Å². The lowest BCUT2D eigenvalue weighted by Gasteiger charge is -2.27. The molecule has 6 nitrogen and oxygen atoms in total. The van der Waals surface area contributed by atoms with E-state index in [4.69, 9.17) is 0 Å². The monoisotopic (exact) mass is 290 g/mol. The van der Waals surface area contributed by atoms with E-state index in [1.165, 1.54) is 18.2 Å². The van der Waals surface area contributed by atoms with Gasteiger partial charge < -0.3 is 15.3 Å². The first-order valence-electron chi connectivity index (χ1n) is 6.70. The average molecular weight is 290 g/mol. The van der Waals surface area contributed by atoms with E-state index in [2.05, 4.69) is 15.3 Å². The minimum Gasteiger partial charge on any atom is -0.493 e. The largest absolute Gasteiger partial charge is 0.493 e. The number of nitrogens with zero attached hydrogens (tertiary/aromatic N) is 2. The first kappa shape index (κ1) is 13.6. The van der Waals surface area contributed by atoms with E-state index in [9.17, 15) is 14.3 Å². The molecule has 0 atom stereocenters. The molecule has 1 fully saturated rings. The smallest absolute Gasteiger partial charge is 0.264 e. The number of piperazine rings is 1. The van der Waals surface area contributed by atoms with Crippen LogP contribution in [-0.4, -0.2) is 41.3 Å². The van der Waals surface area contributed by atoms with Crippen molar-refractivity contribution in [3.05, 3.63) is 40.4 Å². The zero-order valence-electron chi connectivity index (χ0n) is 11.3. The number of hydrogen-bond acceptors (Lipinski definition) is 5. The maximum Gasteiger partial charge on any atom is 0.264 e. The summed E-state index contributed by atoms with van der Waals surface area (Å²) in [6.45, 7) is 2.92. The highest BCUT2D eigenvalue weighted by Crippen LogP contribution is 2.26. The van der Waals surface area contributed by atoms with Gasteiger partial charge >= 0.3 is 0 Å². The second-order valence-electron chi connectivity index (χ2n) is 4.81. The van der Waals surface area contributed by atoms with E-state index in [0.717, 1.165) is 13.1 Å². The van der Waals surface area contributed by atoms with Crippen LogP contribution in [0.1, 0.15) is 0 Å². The van der Waals surface area contributed by atoms with Gasteiger partial charge in [-0.3, -0.25) is 9.78 Å². The van der Waals surface area contributed by atoms with Gasteiger partial charge in [0.05, 0.1) is 0 Å². The van der Waals surface area contributed by atoms with Crippen LogP contribution in [0.3, 0.4) is 0 Å². The van der Waals surface area contributed by atoms with E-state index >= 15 is 0 Å². The molecule has 1 aromatic carbocycles. The van der Waals surface area contributed by atoms with Crippen LogP contribution in [0.15, 0.2) is 29.1 Å². The molecule has 1 aliphatic heterocycles. The van der Waals surface area contributed by atoms with Gasteiger partial charge in [0, 0.05) is 31.7 Å². The van der Waals surface area contributed by atoms with Gasteiger partial charge in [0.25, 0.3) is 5.56 Å². The molecule has 2 aromatic rings. The fourth-order valence-electron chi connectivity index (χ4n) is 2.38. The summed E-state index contributed by atoms with van der Waals surface area (Å²) in [4.78, 5) is 20.7. The number of aromatic nitrogens is 2. The van der Waals surface area contributed by atoms with Crippen molar-refractivity contribution in [2.75, 3.05) is 31.1 Å². The van der Waals surface area contributed by atoms with Crippen molar-refractivity contribution in [2.24, 2.45) is 0 Å². The molecule has 3 N–H and O–H groups in total. The highest BCUT2D eigenvalue weighted by atomic mass is 19.1. The summed E-state index contributed by atoms with van der Waals surface area (Å²) in [5, 5.41) is 13.2. The zero-order valence-corrected chi connectivity index (χ0v) is 11.3. The first-order valence-corrected chi connectivity index (χ1v) is 6.70. The second-order valence-corrected chi connectivity index (χ2v) is 4.81. The van der Waals surface area contributed by atoms with Gasteiger partial charge in [0.2, 0.25) is 11.8 Å². The maximum atomic E-state index is 13.8. The Balaban J connectivity index is 2.05. The fraction of sp³-hybridized carbons (Fsp3) is 0.286. The Hall–Kier alpha value is -2.41. The Bertz CT molecular complexity index is 710. The average Bonchev–Trinajstić information content (AvgIpc) is 2.49. The predicted molar refractivity (Wildman–Crippen MR) is 77.0 cm³/mol. The zero-order chi connectivity index (χ0) is 14.8. The van der Waals surface area contributed by atoms with Gasteiger partial charge in [-0.15, -0.1) is 0 Å². The third kappa shape index (κ3) is 2.59. The Labute approximate surface area is 120 Å². The van der Waals surface area contributed by atoms with Gasteiger partial charge in [0.15, 0.2) is 0 Å². The second kappa shape index (κ2) is 5.53. The molecule has 1 aromatic heterocycles. The molecule has 1 aliphatic rings. The van der Waals surface area contributed by atoms with Crippen LogP contribution in [0.2, 0.25) is 0 Å². The predicted octanol–water partition coefficient (Wildman–Crippen LogP) is 0.691. The van der Waals surface area contributed by atoms with Crippen LogP contribution < -0.4 is 15.8 Å². The summed E-state index contributed by atoms with van der Waals surface area (Å²) < 4.78 is 13.8. The van der Waals surface area contributed by atoms with Crippen LogP contribution in [0, 0.1) is 5.82 Å². The molecule has 0 aliphatic carbocycles. The van der Waals surface area contributed by atoms with Gasteiger partial charge in [-0.1, -0.05) is 18.2 Å². The minimum absolute atomic E-state index is 0.0376. The summed E-state index contributed by atoms with van der Waals surface area (Å²) in [5.74, 6) is -0.730. The number of halogens is 1. The van der Waals surface area contributed by atoms with Crippen molar-refractivity contribution in [3.63, 3.8) is 0 Å². The molecule has 3 rings (SSSR count). The lowest BCUT2D eigenvalue weighted by molar-refractivity contribution is 0.451. The molecule has 0 unspecified atom stereocenters. The number of anilines is 1. The minimum atomic E-state index is -0.574. The quantitative estimate of drug-likeness (QED) is 0.758. The van der Waals surface area contributed by atoms with E-state index in [0.29, 0.717) is 19.0 Å². The number of rotatable bonds is 2. The molecule has 0 radical (unpaired) electrons. The Morgan fingerprint density at radius 2 is 1.95 bits per heavy atom. The SMILES string of the molecule is O=c1[nH]c(N2CCNCC2)nc(O)c1-c1ccccc1F. The lowest BCUT2D eigenvalue weighted by atomic mass is 10.1. The molecule has 110 valence electrons. The molecule has 1 saturated heterocycles. The van der Waals surface area contributed by atoms with E-state index in [-0.39, 0.29) is 11.1 Å². The Kier molecular flexibility index (Phi) is 3.57. The van der Waals surface area contributed by atoms with Crippen LogP contribution >= 0.6 is 0 Å². The Morgan fingerprint density at radius 1 is 1.24 bits per heavy atom. The molecule has 21 heavy (non-hydrogen) atoms. The standard InChI is InChI=1S/C14H15FN4O2/c15-10-4-2-1-3-9(10)11-12(20)17-14(18-13(11)21)19-7-5-16-6-8-19/h1-4,16H,5-8H2,(H2,17,18,20,21). The number of nitrogens with one attached hydrogen (secondary N) is 2. The fourth-order valence-corrected chi connectivity index (χ4v) is 2.38. The highest BCUT2D eigenvalue weighted by molar-refractivity contribution is 5.68. The van der Waals surface area contributed by atoms with Crippen LogP contribution in [-0.2, 0) is 0 Å². The third-order valence-corrected chi connectivity index (χ3v) is 3.45. The number of aromatic amines is 1. The molecule has 0 bridgehead atoms. The molecule has 0 saturated carbocycles. The number of hydrogen-bond donors (Lipinski definition) is 3. The number of benzene rings is 1. The van der Waals surface area contributed by atoms with Gasteiger partial charge in [-0.05, 0) is 6.07 Å².